The van der Waals surface area contributed by atoms with Gasteiger partial charge in [-0.15, -0.1) is 0 Å². The molecule has 1 N–H and O–H groups in total. The highest BCUT2D eigenvalue weighted by molar-refractivity contribution is 5.81. The van der Waals surface area contributed by atoms with Crippen LogP contribution in [0.5, 0.6) is 5.75 Å². The van der Waals surface area contributed by atoms with Gasteiger partial charge in [-0.25, -0.2) is 0 Å². The second kappa shape index (κ2) is 6.60. The van der Waals surface area contributed by atoms with Gasteiger partial charge in [0.1, 0.15) is 5.75 Å². The average molecular weight is 263 g/mol. The number of hydrogen-bond acceptors (Lipinski definition) is 2. The Morgan fingerprint density at radius 1 is 1.16 bits per heavy atom. The lowest BCUT2D eigenvalue weighted by atomic mass is 10.1. The number of amides is 1. The Labute approximate surface area is 116 Å². The fraction of sp³-hybridized carbons (Fsp3) is 0.562. The first-order valence-electron chi connectivity index (χ1n) is 6.85. The van der Waals surface area contributed by atoms with Gasteiger partial charge in [0, 0.05) is 6.04 Å². The molecule has 0 fully saturated rings. The fourth-order valence-corrected chi connectivity index (χ4v) is 1.68. The zero-order valence-electron chi connectivity index (χ0n) is 12.8. The molecule has 0 aliphatic carbocycles. The molecular formula is C16H25NO2. The Morgan fingerprint density at radius 2 is 1.79 bits per heavy atom. The van der Waals surface area contributed by atoms with Crippen molar-refractivity contribution in [3.8, 4) is 5.75 Å². The van der Waals surface area contributed by atoms with Crippen LogP contribution in [-0.4, -0.2) is 18.1 Å². The van der Waals surface area contributed by atoms with Crippen molar-refractivity contribution in [2.45, 2.75) is 53.7 Å². The van der Waals surface area contributed by atoms with Gasteiger partial charge < -0.3 is 10.1 Å². The highest BCUT2D eigenvalue weighted by Crippen LogP contribution is 2.20. The Bertz CT molecular complexity index is 440. The Morgan fingerprint density at radius 3 is 2.32 bits per heavy atom. The van der Waals surface area contributed by atoms with Crippen molar-refractivity contribution < 1.29 is 9.53 Å². The topological polar surface area (TPSA) is 38.3 Å². The molecule has 0 aliphatic heterocycles. The largest absolute Gasteiger partial charge is 0.481 e. The van der Waals surface area contributed by atoms with Crippen LogP contribution in [0.1, 0.15) is 38.8 Å². The van der Waals surface area contributed by atoms with Crippen LogP contribution in [-0.2, 0) is 4.79 Å². The Hall–Kier alpha value is -1.51. The highest BCUT2D eigenvalue weighted by atomic mass is 16.5. The smallest absolute Gasteiger partial charge is 0.260 e. The lowest BCUT2D eigenvalue weighted by Crippen LogP contribution is -2.43. The summed E-state index contributed by atoms with van der Waals surface area (Å²) in [6.07, 6.45) is -0.484. The number of ether oxygens (including phenoxy) is 1. The van der Waals surface area contributed by atoms with E-state index in [2.05, 4.69) is 25.2 Å². The molecule has 3 nitrogen and oxygen atoms in total. The third-order valence-electron chi connectivity index (χ3n) is 3.37. The molecule has 1 aromatic carbocycles. The quantitative estimate of drug-likeness (QED) is 0.885. The van der Waals surface area contributed by atoms with Crippen LogP contribution in [0.2, 0.25) is 0 Å². The monoisotopic (exact) mass is 263 g/mol. The zero-order chi connectivity index (χ0) is 14.6. The van der Waals surface area contributed by atoms with E-state index in [1.165, 1.54) is 5.56 Å². The second-order valence-electron chi connectivity index (χ2n) is 5.57. The molecule has 0 unspecified atom stereocenters. The minimum absolute atomic E-state index is 0.0684. The lowest BCUT2D eigenvalue weighted by Gasteiger charge is -2.21. The number of rotatable bonds is 5. The number of carbonyl (C=O) groups excluding carboxylic acids is 1. The van der Waals surface area contributed by atoms with E-state index in [4.69, 9.17) is 4.74 Å². The summed E-state index contributed by atoms with van der Waals surface area (Å²) in [6.45, 7) is 12.0. The van der Waals surface area contributed by atoms with E-state index in [0.717, 1.165) is 11.3 Å². The third-order valence-corrected chi connectivity index (χ3v) is 3.37. The minimum atomic E-state index is -0.484. The number of benzene rings is 1. The molecule has 19 heavy (non-hydrogen) atoms. The van der Waals surface area contributed by atoms with Gasteiger partial charge in [0.05, 0.1) is 0 Å². The first-order valence-corrected chi connectivity index (χ1v) is 6.85. The summed E-state index contributed by atoms with van der Waals surface area (Å²) >= 11 is 0. The molecule has 0 aromatic heterocycles. The van der Waals surface area contributed by atoms with Crippen molar-refractivity contribution in [2.24, 2.45) is 5.92 Å². The van der Waals surface area contributed by atoms with E-state index >= 15 is 0 Å². The van der Waals surface area contributed by atoms with Gasteiger partial charge >= 0.3 is 0 Å². The highest BCUT2D eigenvalue weighted by Gasteiger charge is 2.18. The van der Waals surface area contributed by atoms with Crippen molar-refractivity contribution in [2.75, 3.05) is 0 Å². The van der Waals surface area contributed by atoms with Crippen LogP contribution in [0, 0.1) is 19.8 Å². The van der Waals surface area contributed by atoms with E-state index in [9.17, 15) is 4.79 Å². The van der Waals surface area contributed by atoms with Gasteiger partial charge in [0.25, 0.3) is 5.91 Å². The molecule has 0 aliphatic rings. The molecule has 2 atom stereocenters. The van der Waals surface area contributed by atoms with Gasteiger partial charge in [-0.1, -0.05) is 31.5 Å². The maximum absolute atomic E-state index is 12.0. The Balaban J connectivity index is 2.63. The van der Waals surface area contributed by atoms with Crippen LogP contribution in [0.25, 0.3) is 0 Å². The molecule has 0 spiro atoms. The van der Waals surface area contributed by atoms with Gasteiger partial charge in [0.2, 0.25) is 0 Å². The molecule has 0 saturated carbocycles. The zero-order valence-corrected chi connectivity index (χ0v) is 12.8. The molecule has 0 radical (unpaired) electrons. The predicted molar refractivity (Wildman–Crippen MR) is 78.4 cm³/mol. The SMILES string of the molecule is Cc1ccc(O[C@@H](C)C(=O)N[C@H](C)C(C)C)c(C)c1. The molecule has 1 rings (SSSR count). The van der Waals surface area contributed by atoms with Crippen LogP contribution < -0.4 is 10.1 Å². The van der Waals surface area contributed by atoms with Crippen LogP contribution in [0.15, 0.2) is 18.2 Å². The number of carbonyl (C=O) groups is 1. The fourth-order valence-electron chi connectivity index (χ4n) is 1.68. The molecule has 1 amide bonds. The van der Waals surface area contributed by atoms with E-state index in [1.54, 1.807) is 6.92 Å². The van der Waals surface area contributed by atoms with E-state index < -0.39 is 6.10 Å². The molecule has 0 heterocycles. The molecule has 0 saturated heterocycles. The minimum Gasteiger partial charge on any atom is -0.481 e. The maximum Gasteiger partial charge on any atom is 0.260 e. The maximum atomic E-state index is 12.0. The lowest BCUT2D eigenvalue weighted by molar-refractivity contribution is -0.128. The van der Waals surface area contributed by atoms with E-state index in [1.807, 2.05) is 32.9 Å². The summed E-state index contributed by atoms with van der Waals surface area (Å²) in [5, 5.41) is 2.97. The van der Waals surface area contributed by atoms with Crippen molar-refractivity contribution in [3.63, 3.8) is 0 Å². The van der Waals surface area contributed by atoms with Crippen molar-refractivity contribution in [1.82, 2.24) is 5.32 Å². The van der Waals surface area contributed by atoms with E-state index in [-0.39, 0.29) is 11.9 Å². The van der Waals surface area contributed by atoms with Crippen LogP contribution >= 0.6 is 0 Å². The molecule has 3 heteroatoms. The van der Waals surface area contributed by atoms with Crippen molar-refractivity contribution >= 4 is 5.91 Å². The summed E-state index contributed by atoms with van der Waals surface area (Å²) in [6, 6.07) is 6.11. The van der Waals surface area contributed by atoms with Gasteiger partial charge in [-0.2, -0.15) is 0 Å². The Kier molecular flexibility index (Phi) is 5.40. The predicted octanol–water partition coefficient (Wildman–Crippen LogP) is 3.23. The standard InChI is InChI=1S/C16H25NO2/c1-10(2)13(5)17-16(18)14(6)19-15-8-7-11(3)9-12(15)4/h7-10,13-14H,1-6H3,(H,17,18)/t13-,14+/m1/s1. The molecule has 106 valence electrons. The van der Waals surface area contributed by atoms with Crippen molar-refractivity contribution in [3.05, 3.63) is 29.3 Å². The molecular weight excluding hydrogens is 238 g/mol. The normalized spacial score (nSPS) is 14.1. The summed E-state index contributed by atoms with van der Waals surface area (Å²) in [7, 11) is 0. The first kappa shape index (κ1) is 15.5. The first-order chi connectivity index (χ1) is 8.81. The van der Waals surface area contributed by atoms with E-state index in [0.29, 0.717) is 5.92 Å². The van der Waals surface area contributed by atoms with Crippen LogP contribution in [0.3, 0.4) is 0 Å². The van der Waals surface area contributed by atoms with Crippen molar-refractivity contribution in [1.29, 1.82) is 0 Å². The number of nitrogens with one attached hydrogen (secondary N) is 1. The molecule has 1 aromatic rings. The van der Waals surface area contributed by atoms with Crippen LogP contribution in [0.4, 0.5) is 0 Å². The molecule has 0 bridgehead atoms. The third kappa shape index (κ3) is 4.58. The van der Waals surface area contributed by atoms with Gasteiger partial charge in [-0.3, -0.25) is 4.79 Å². The number of aryl methyl sites for hydroxylation is 2. The summed E-state index contributed by atoms with van der Waals surface area (Å²) in [5.74, 6) is 1.11. The average Bonchev–Trinajstić information content (AvgIpc) is 2.32. The summed E-state index contributed by atoms with van der Waals surface area (Å²) in [5.41, 5.74) is 2.24. The summed E-state index contributed by atoms with van der Waals surface area (Å²) in [4.78, 5) is 12.0. The summed E-state index contributed by atoms with van der Waals surface area (Å²) < 4.78 is 5.73. The number of hydrogen-bond donors (Lipinski definition) is 1. The van der Waals surface area contributed by atoms with Gasteiger partial charge in [-0.05, 0) is 45.2 Å². The van der Waals surface area contributed by atoms with Gasteiger partial charge in [0.15, 0.2) is 6.10 Å². The second-order valence-corrected chi connectivity index (χ2v) is 5.57.